The van der Waals surface area contributed by atoms with Crippen molar-refractivity contribution < 1.29 is 53.4 Å². The van der Waals surface area contributed by atoms with Crippen LogP contribution in [0.2, 0.25) is 0 Å². The Morgan fingerprint density at radius 2 is 1.90 bits per heavy atom. The maximum absolute atomic E-state index is 13.0. The zero-order chi connectivity index (χ0) is 28.9. The smallest absolute Gasteiger partial charge is 0.352 e. The Kier molecular flexibility index (Phi) is 7.39. The molecule has 12 heteroatoms. The minimum Gasteiger partial charge on any atom is -0.504 e. The zero-order valence-electron chi connectivity index (χ0n) is 22.4. The van der Waals surface area contributed by atoms with E-state index in [1.54, 1.807) is 6.08 Å². The lowest BCUT2D eigenvalue weighted by Gasteiger charge is -2.56. The fourth-order valence-electron chi connectivity index (χ4n) is 5.92. The van der Waals surface area contributed by atoms with Crippen molar-refractivity contribution in [2.75, 3.05) is 13.6 Å². The lowest BCUT2D eigenvalue weighted by molar-refractivity contribution is -0.179. The number of esters is 3. The molecule has 4 rings (SSSR count). The number of carbonyl (C=O) groups is 4. The van der Waals surface area contributed by atoms with Crippen LogP contribution in [0.3, 0.4) is 0 Å². The molecule has 2 aliphatic carbocycles. The summed E-state index contributed by atoms with van der Waals surface area (Å²) in [4.78, 5) is 49.8. The molecule has 3 aliphatic rings. The molecule has 1 heterocycles. The van der Waals surface area contributed by atoms with E-state index in [4.69, 9.17) is 24.1 Å². The molecule has 3 N–H and O–H groups in total. The summed E-state index contributed by atoms with van der Waals surface area (Å²) in [5.41, 5.74) is -0.840. The van der Waals surface area contributed by atoms with Gasteiger partial charge in [-0.1, -0.05) is 13.0 Å². The minimum atomic E-state index is -1.73. The maximum Gasteiger partial charge on any atom is 0.352 e. The Hall–Kier alpha value is -3.64. The summed E-state index contributed by atoms with van der Waals surface area (Å²) >= 11 is 0. The SMILES string of the molecule is CCN(C)[C@@H]1Cc2ccc(O)c3c2[C@@]2(C)[C@@H](O3)C(OC(=O)[C@H](C)OC(=O)[C@H](CC(=O)O)OC(C)=O)=CC[C@@]12O. The molecule has 39 heavy (non-hydrogen) atoms. The lowest BCUT2D eigenvalue weighted by atomic mass is 9.54. The highest BCUT2D eigenvalue weighted by atomic mass is 16.6. The molecular weight excluding hydrogens is 514 g/mol. The molecule has 0 fully saturated rings. The van der Waals surface area contributed by atoms with E-state index in [0.717, 1.165) is 12.5 Å². The van der Waals surface area contributed by atoms with Crippen molar-refractivity contribution in [3.63, 3.8) is 0 Å². The Morgan fingerprint density at radius 1 is 1.21 bits per heavy atom. The molecule has 0 saturated heterocycles. The topological polar surface area (TPSA) is 169 Å². The van der Waals surface area contributed by atoms with Crippen molar-refractivity contribution in [3.8, 4) is 11.5 Å². The first kappa shape index (κ1) is 28.4. The van der Waals surface area contributed by atoms with Crippen molar-refractivity contribution in [2.24, 2.45) is 0 Å². The average molecular weight is 548 g/mol. The van der Waals surface area contributed by atoms with Crippen molar-refractivity contribution in [1.29, 1.82) is 0 Å². The highest BCUT2D eigenvalue weighted by Gasteiger charge is 2.68. The van der Waals surface area contributed by atoms with E-state index in [1.165, 1.54) is 13.0 Å². The standard InChI is InChI=1S/C27H33NO11/c1-6-28(5)19-11-15-7-8-16(30)22-21(15)26(4)23(39-22)17(9-10-27(19,26)35)38-24(33)13(2)36-25(34)18(12-20(31)32)37-14(3)29/h7-9,13,18-19,23,30,35H,6,10-12H2,1-5H3,(H,31,32)/t13-,18-,19+,23-,26-,27+/m0/s1. The Morgan fingerprint density at radius 3 is 2.51 bits per heavy atom. The largest absolute Gasteiger partial charge is 0.504 e. The van der Waals surface area contributed by atoms with E-state index in [1.807, 2.05) is 27.0 Å². The van der Waals surface area contributed by atoms with Crippen LogP contribution in [0.25, 0.3) is 0 Å². The van der Waals surface area contributed by atoms with E-state index in [2.05, 4.69) is 4.90 Å². The monoisotopic (exact) mass is 547 g/mol. The van der Waals surface area contributed by atoms with E-state index in [0.29, 0.717) is 18.5 Å². The van der Waals surface area contributed by atoms with Gasteiger partial charge in [-0.05, 0) is 51.6 Å². The Bertz CT molecular complexity index is 1230. The molecule has 1 aliphatic heterocycles. The van der Waals surface area contributed by atoms with E-state index in [-0.39, 0.29) is 29.7 Å². The molecule has 212 valence electrons. The first-order valence-corrected chi connectivity index (χ1v) is 12.7. The van der Waals surface area contributed by atoms with Crippen LogP contribution in [0.5, 0.6) is 11.5 Å². The third-order valence-corrected chi connectivity index (χ3v) is 8.04. The van der Waals surface area contributed by atoms with Crippen LogP contribution in [-0.2, 0) is 45.2 Å². The van der Waals surface area contributed by atoms with Crippen LogP contribution in [0.4, 0.5) is 0 Å². The fourth-order valence-corrected chi connectivity index (χ4v) is 5.92. The number of hydrogen-bond donors (Lipinski definition) is 3. The van der Waals surface area contributed by atoms with Crippen LogP contribution in [0.1, 0.15) is 51.7 Å². The predicted octanol–water partition coefficient (Wildman–Crippen LogP) is 1.19. The zero-order valence-corrected chi connectivity index (χ0v) is 22.4. The van der Waals surface area contributed by atoms with Gasteiger partial charge in [0.1, 0.15) is 5.76 Å². The van der Waals surface area contributed by atoms with Crippen LogP contribution < -0.4 is 4.74 Å². The summed E-state index contributed by atoms with van der Waals surface area (Å²) in [5.74, 6) is -4.29. The van der Waals surface area contributed by atoms with Gasteiger partial charge in [0.05, 0.1) is 17.4 Å². The molecule has 1 aromatic carbocycles. The van der Waals surface area contributed by atoms with Crippen molar-refractivity contribution in [3.05, 3.63) is 35.1 Å². The van der Waals surface area contributed by atoms with Crippen LogP contribution in [0.15, 0.2) is 24.0 Å². The minimum absolute atomic E-state index is 0.0819. The van der Waals surface area contributed by atoms with Gasteiger partial charge in [-0.3, -0.25) is 9.59 Å². The van der Waals surface area contributed by atoms with Gasteiger partial charge in [0.15, 0.2) is 23.7 Å². The summed E-state index contributed by atoms with van der Waals surface area (Å²) in [6, 6.07) is 3.06. The second-order valence-corrected chi connectivity index (χ2v) is 10.4. The molecule has 12 nitrogen and oxygen atoms in total. The van der Waals surface area contributed by atoms with Gasteiger partial charge in [-0.25, -0.2) is 9.59 Å². The number of carboxylic acid groups (broad SMARTS) is 1. The summed E-state index contributed by atoms with van der Waals surface area (Å²) in [6.07, 6.45) is -2.81. The third kappa shape index (κ3) is 4.61. The van der Waals surface area contributed by atoms with Crippen LogP contribution >= 0.6 is 0 Å². The van der Waals surface area contributed by atoms with Gasteiger partial charge in [-0.2, -0.15) is 0 Å². The molecule has 0 saturated carbocycles. The number of likely N-dealkylation sites (N-methyl/N-ethyl adjacent to an activating group) is 1. The maximum atomic E-state index is 13.0. The van der Waals surface area contributed by atoms with E-state index in [9.17, 15) is 29.4 Å². The predicted molar refractivity (Wildman–Crippen MR) is 133 cm³/mol. The number of phenolic OH excluding ortho intramolecular Hbond substituents is 1. The average Bonchev–Trinajstić information content (AvgIpc) is 3.20. The number of hydrogen-bond acceptors (Lipinski definition) is 11. The summed E-state index contributed by atoms with van der Waals surface area (Å²) in [7, 11) is 1.92. The summed E-state index contributed by atoms with van der Waals surface area (Å²) < 4.78 is 21.5. The van der Waals surface area contributed by atoms with Gasteiger partial charge in [0.25, 0.3) is 0 Å². The number of benzene rings is 1. The molecule has 1 aromatic rings. The van der Waals surface area contributed by atoms with Crippen molar-refractivity contribution in [1.82, 2.24) is 4.90 Å². The number of aliphatic carboxylic acids is 1. The van der Waals surface area contributed by atoms with E-state index >= 15 is 0 Å². The summed E-state index contributed by atoms with van der Waals surface area (Å²) in [6.45, 7) is 6.73. The second kappa shape index (κ2) is 10.2. The highest BCUT2D eigenvalue weighted by Crippen LogP contribution is 2.62. The van der Waals surface area contributed by atoms with Gasteiger partial charge in [0.2, 0.25) is 6.10 Å². The highest BCUT2D eigenvalue weighted by molar-refractivity contribution is 5.86. The number of aliphatic hydroxyl groups is 1. The normalized spacial score (nSPS) is 27.9. The number of carbonyl (C=O) groups excluding carboxylic acids is 3. The number of carboxylic acids is 1. The van der Waals surface area contributed by atoms with Gasteiger partial charge in [-0.15, -0.1) is 0 Å². The van der Waals surface area contributed by atoms with Gasteiger partial charge in [0, 0.05) is 24.9 Å². The number of phenols is 1. The Balaban J connectivity index is 1.60. The first-order chi connectivity index (χ1) is 18.2. The fraction of sp³-hybridized carbons (Fsp3) is 0.556. The number of rotatable bonds is 9. The first-order valence-electron chi connectivity index (χ1n) is 12.7. The lowest BCUT2D eigenvalue weighted by Crippen LogP contribution is -2.69. The molecule has 0 bridgehead atoms. The quantitative estimate of drug-likeness (QED) is 0.299. The molecule has 0 radical (unpaired) electrons. The molecular formula is C27H33NO11. The third-order valence-electron chi connectivity index (χ3n) is 8.04. The molecule has 0 aromatic heterocycles. The van der Waals surface area contributed by atoms with Crippen molar-refractivity contribution in [2.45, 2.75) is 82.3 Å². The summed E-state index contributed by atoms with van der Waals surface area (Å²) in [5, 5.41) is 31.8. The van der Waals surface area contributed by atoms with Gasteiger partial charge >= 0.3 is 23.9 Å². The number of ether oxygens (including phenoxy) is 4. The van der Waals surface area contributed by atoms with Crippen molar-refractivity contribution >= 4 is 23.9 Å². The van der Waals surface area contributed by atoms with Crippen LogP contribution in [0, 0.1) is 0 Å². The van der Waals surface area contributed by atoms with E-state index < -0.39 is 59.6 Å². The Labute approximate surface area is 225 Å². The van der Waals surface area contributed by atoms with Gasteiger partial charge < -0.3 is 39.2 Å². The number of nitrogens with zero attached hydrogens (tertiary/aromatic N) is 1. The number of aromatic hydroxyl groups is 1. The molecule has 0 spiro atoms. The molecule has 6 atom stereocenters. The van der Waals surface area contributed by atoms with Crippen LogP contribution in [-0.4, -0.2) is 87.6 Å². The second-order valence-electron chi connectivity index (χ2n) is 10.4. The molecule has 0 unspecified atom stereocenters. The molecule has 0 amide bonds.